The maximum absolute atomic E-state index is 12.5. The van der Waals surface area contributed by atoms with Gasteiger partial charge in [0.25, 0.3) is 0 Å². The second-order valence-electron chi connectivity index (χ2n) is 8.51. The first-order chi connectivity index (χ1) is 17.9. The Morgan fingerprint density at radius 3 is 2.08 bits per heavy atom. The van der Waals surface area contributed by atoms with Crippen LogP contribution in [0.2, 0.25) is 0 Å². The topological polar surface area (TPSA) is 200 Å². The number of ether oxygens (including phenoxy) is 3. The lowest BCUT2D eigenvalue weighted by atomic mass is 9.79. The van der Waals surface area contributed by atoms with Crippen LogP contribution in [0.25, 0.3) is 12.2 Å². The number of carbonyl (C=O) groups excluding carboxylic acids is 2. The Labute approximate surface area is 216 Å². The second kappa shape index (κ2) is 11.7. The van der Waals surface area contributed by atoms with Gasteiger partial charge in [-0.15, -0.1) is 0 Å². The van der Waals surface area contributed by atoms with Crippen LogP contribution in [0.5, 0.6) is 23.0 Å². The molecule has 1 aliphatic rings. The van der Waals surface area contributed by atoms with E-state index in [9.17, 15) is 45.0 Å². The van der Waals surface area contributed by atoms with E-state index in [1.807, 2.05) is 0 Å². The third kappa shape index (κ3) is 6.60. The van der Waals surface area contributed by atoms with E-state index in [1.54, 1.807) is 0 Å². The number of aliphatic hydroxyl groups excluding tert-OH is 2. The standard InChI is InChI=1S/C26H26O12/c1-36-20-11-15(3-7-17(20)28)5-9-23(32)38-26(25(34)35)12-19(30)24(33)21(13-26)37-22(31)8-4-14-2-6-16(27)18(29)10-14/h2-11,19,21,24,27-30,33H,12-13H2,1H3,(H,34,35)/t19-,21-,24-,26-/m1/s1. The number of carboxylic acid groups (broad SMARTS) is 1. The Balaban J connectivity index is 1.73. The van der Waals surface area contributed by atoms with E-state index >= 15 is 0 Å². The van der Waals surface area contributed by atoms with Crippen molar-refractivity contribution in [3.05, 3.63) is 59.7 Å². The van der Waals surface area contributed by atoms with Crippen molar-refractivity contribution in [2.75, 3.05) is 7.11 Å². The van der Waals surface area contributed by atoms with E-state index < -0.39 is 60.4 Å². The molecule has 0 radical (unpaired) electrons. The molecule has 0 unspecified atom stereocenters. The monoisotopic (exact) mass is 530 g/mol. The second-order valence-corrected chi connectivity index (χ2v) is 8.51. The van der Waals surface area contributed by atoms with Gasteiger partial charge in [-0.3, -0.25) is 0 Å². The fourth-order valence-electron chi connectivity index (χ4n) is 3.83. The van der Waals surface area contributed by atoms with E-state index in [2.05, 4.69) is 0 Å². The Hall–Kier alpha value is -4.55. The smallest absolute Gasteiger partial charge is 0.348 e. The Kier molecular flexibility index (Phi) is 8.61. The summed E-state index contributed by atoms with van der Waals surface area (Å²) in [4.78, 5) is 36.9. The summed E-state index contributed by atoms with van der Waals surface area (Å²) in [5.41, 5.74) is -1.56. The van der Waals surface area contributed by atoms with Crippen molar-refractivity contribution in [1.82, 2.24) is 0 Å². The van der Waals surface area contributed by atoms with E-state index in [0.717, 1.165) is 12.2 Å². The molecule has 3 rings (SSSR count). The molecule has 1 aliphatic carbocycles. The molecule has 2 aromatic rings. The average molecular weight is 530 g/mol. The third-order valence-corrected chi connectivity index (χ3v) is 5.83. The maximum atomic E-state index is 12.5. The Morgan fingerprint density at radius 1 is 0.868 bits per heavy atom. The molecular weight excluding hydrogens is 504 g/mol. The highest BCUT2D eigenvalue weighted by molar-refractivity contribution is 5.91. The van der Waals surface area contributed by atoms with Crippen molar-refractivity contribution in [3.63, 3.8) is 0 Å². The van der Waals surface area contributed by atoms with Gasteiger partial charge in [-0.2, -0.15) is 0 Å². The molecule has 0 aliphatic heterocycles. The number of benzene rings is 2. The van der Waals surface area contributed by atoms with Crippen LogP contribution in [-0.2, 0) is 23.9 Å². The van der Waals surface area contributed by atoms with Crippen LogP contribution in [-0.4, -0.2) is 79.6 Å². The minimum atomic E-state index is -2.32. The number of aliphatic carboxylic acids is 1. The lowest BCUT2D eigenvalue weighted by Gasteiger charge is -2.41. The molecule has 38 heavy (non-hydrogen) atoms. The molecule has 1 fully saturated rings. The van der Waals surface area contributed by atoms with Crippen LogP contribution in [0.1, 0.15) is 24.0 Å². The summed E-state index contributed by atoms with van der Waals surface area (Å²) < 4.78 is 15.3. The number of hydrogen-bond donors (Lipinski definition) is 6. The first-order valence-electron chi connectivity index (χ1n) is 11.2. The molecular formula is C26H26O12. The number of methoxy groups -OCH3 is 1. The van der Waals surface area contributed by atoms with Crippen LogP contribution in [0.15, 0.2) is 48.6 Å². The first-order valence-corrected chi connectivity index (χ1v) is 11.2. The van der Waals surface area contributed by atoms with Crippen molar-refractivity contribution in [3.8, 4) is 23.0 Å². The molecule has 12 nitrogen and oxygen atoms in total. The number of aliphatic hydroxyl groups is 2. The van der Waals surface area contributed by atoms with E-state index in [1.165, 1.54) is 55.7 Å². The predicted molar refractivity (Wildman–Crippen MR) is 130 cm³/mol. The molecule has 2 aromatic carbocycles. The van der Waals surface area contributed by atoms with E-state index in [-0.39, 0.29) is 17.2 Å². The summed E-state index contributed by atoms with van der Waals surface area (Å²) >= 11 is 0. The van der Waals surface area contributed by atoms with Gasteiger partial charge in [0.2, 0.25) is 5.60 Å². The van der Waals surface area contributed by atoms with Gasteiger partial charge in [-0.05, 0) is 47.5 Å². The molecule has 4 atom stereocenters. The number of phenolic OH excluding ortho intramolecular Hbond substituents is 3. The fourth-order valence-corrected chi connectivity index (χ4v) is 3.83. The lowest BCUT2D eigenvalue weighted by Crippen LogP contribution is -2.58. The normalized spacial score (nSPS) is 23.3. The molecule has 202 valence electrons. The molecule has 6 N–H and O–H groups in total. The summed E-state index contributed by atoms with van der Waals surface area (Å²) in [6.45, 7) is 0. The molecule has 0 amide bonds. The van der Waals surface area contributed by atoms with Crippen LogP contribution in [0.3, 0.4) is 0 Å². The summed E-state index contributed by atoms with van der Waals surface area (Å²) in [5.74, 6) is -4.47. The van der Waals surface area contributed by atoms with Crippen molar-refractivity contribution in [2.45, 2.75) is 36.8 Å². The SMILES string of the molecule is COc1cc(C=CC(=O)O[C@]2(C(=O)O)C[C@@H](O)[C@@H](O)[C@H](OC(=O)C=Cc3ccc(O)c(O)c3)C2)ccc1O. The van der Waals surface area contributed by atoms with Gasteiger partial charge < -0.3 is 44.8 Å². The Morgan fingerprint density at radius 2 is 1.47 bits per heavy atom. The minimum absolute atomic E-state index is 0.122. The van der Waals surface area contributed by atoms with Crippen LogP contribution in [0.4, 0.5) is 0 Å². The van der Waals surface area contributed by atoms with E-state index in [0.29, 0.717) is 11.1 Å². The summed E-state index contributed by atoms with van der Waals surface area (Å²) in [6.07, 6.45) is -1.81. The summed E-state index contributed by atoms with van der Waals surface area (Å²) in [5, 5.41) is 59.0. The maximum Gasteiger partial charge on any atom is 0.348 e. The number of aromatic hydroxyl groups is 3. The van der Waals surface area contributed by atoms with Gasteiger partial charge in [-0.25, -0.2) is 14.4 Å². The minimum Gasteiger partial charge on any atom is -0.504 e. The zero-order chi connectivity index (χ0) is 28.0. The van der Waals surface area contributed by atoms with Crippen LogP contribution < -0.4 is 4.74 Å². The van der Waals surface area contributed by atoms with Gasteiger partial charge in [0.05, 0.1) is 13.2 Å². The molecule has 0 saturated heterocycles. The number of carbonyl (C=O) groups is 3. The predicted octanol–water partition coefficient (Wildman–Crippen LogP) is 1.33. The highest BCUT2D eigenvalue weighted by atomic mass is 16.6. The molecule has 0 spiro atoms. The van der Waals surface area contributed by atoms with E-state index in [4.69, 9.17) is 14.2 Å². The number of carboxylic acids is 1. The van der Waals surface area contributed by atoms with Crippen LogP contribution >= 0.6 is 0 Å². The van der Waals surface area contributed by atoms with Gasteiger partial charge >= 0.3 is 17.9 Å². The molecule has 0 heterocycles. The summed E-state index contributed by atoms with van der Waals surface area (Å²) in [6, 6.07) is 8.00. The highest BCUT2D eigenvalue weighted by Gasteiger charge is 2.54. The molecule has 12 heteroatoms. The number of phenols is 3. The number of hydrogen-bond acceptors (Lipinski definition) is 11. The van der Waals surface area contributed by atoms with Gasteiger partial charge in [0.1, 0.15) is 12.2 Å². The largest absolute Gasteiger partial charge is 0.504 e. The average Bonchev–Trinajstić information content (AvgIpc) is 2.87. The highest BCUT2D eigenvalue weighted by Crippen LogP contribution is 2.35. The quantitative estimate of drug-likeness (QED) is 0.163. The Bertz CT molecular complexity index is 1270. The molecule has 0 bridgehead atoms. The molecule has 0 aromatic heterocycles. The van der Waals surface area contributed by atoms with Gasteiger partial charge in [-0.1, -0.05) is 12.1 Å². The van der Waals surface area contributed by atoms with Crippen molar-refractivity contribution < 1.29 is 59.2 Å². The van der Waals surface area contributed by atoms with Crippen molar-refractivity contribution in [2.24, 2.45) is 0 Å². The third-order valence-electron chi connectivity index (χ3n) is 5.83. The van der Waals surface area contributed by atoms with Gasteiger partial charge in [0, 0.05) is 25.0 Å². The van der Waals surface area contributed by atoms with Crippen LogP contribution in [0, 0.1) is 0 Å². The number of esters is 2. The lowest BCUT2D eigenvalue weighted by molar-refractivity contribution is -0.207. The van der Waals surface area contributed by atoms with Crippen molar-refractivity contribution in [1.29, 1.82) is 0 Å². The molecule has 1 saturated carbocycles. The summed E-state index contributed by atoms with van der Waals surface area (Å²) in [7, 11) is 1.34. The zero-order valence-electron chi connectivity index (χ0n) is 20.1. The van der Waals surface area contributed by atoms with Gasteiger partial charge in [0.15, 0.2) is 23.0 Å². The number of rotatable bonds is 8. The van der Waals surface area contributed by atoms with Crippen molar-refractivity contribution >= 4 is 30.1 Å². The fraction of sp³-hybridized carbons (Fsp3) is 0.269. The zero-order valence-corrected chi connectivity index (χ0v) is 20.1. The first kappa shape index (κ1) is 28.0.